The zero-order chi connectivity index (χ0) is 17.9. The molecular formula is C20H22O6. The highest BCUT2D eigenvalue weighted by Crippen LogP contribution is 2.36. The van der Waals surface area contributed by atoms with Gasteiger partial charge in [-0.1, -0.05) is 60.7 Å². The first-order valence-corrected chi connectivity index (χ1v) is 8.73. The van der Waals surface area contributed by atoms with Gasteiger partial charge in [-0.25, -0.2) is 0 Å². The minimum absolute atomic E-state index is 0.155. The van der Waals surface area contributed by atoms with Crippen LogP contribution in [0.15, 0.2) is 60.7 Å². The molecule has 2 aliphatic rings. The number of rotatable bonds is 3. The summed E-state index contributed by atoms with van der Waals surface area (Å²) in [5, 5.41) is 20.6. The normalized spacial score (nSPS) is 34.7. The minimum atomic E-state index is -0.977. The van der Waals surface area contributed by atoms with Crippen molar-refractivity contribution in [3.63, 3.8) is 0 Å². The minimum Gasteiger partial charge on any atom is -0.394 e. The predicted octanol–water partition coefficient (Wildman–Crippen LogP) is 1.94. The molecule has 2 saturated heterocycles. The SMILES string of the molecule is OC[C@@H]1OC(c2ccccc2)O[C@@H]2COC(c3ccccc3)O[C@@H]1[C@H]2O. The van der Waals surface area contributed by atoms with Crippen LogP contribution in [-0.4, -0.2) is 47.8 Å². The molecule has 26 heavy (non-hydrogen) atoms. The monoisotopic (exact) mass is 358 g/mol. The van der Waals surface area contributed by atoms with E-state index in [1.165, 1.54) is 0 Å². The van der Waals surface area contributed by atoms with Crippen molar-refractivity contribution in [1.29, 1.82) is 0 Å². The lowest BCUT2D eigenvalue weighted by atomic mass is 10.0. The van der Waals surface area contributed by atoms with E-state index in [1.54, 1.807) is 0 Å². The fraction of sp³-hybridized carbons (Fsp3) is 0.400. The third-order valence-corrected chi connectivity index (χ3v) is 4.70. The second-order valence-corrected chi connectivity index (χ2v) is 6.44. The Labute approximate surface area is 151 Å². The molecule has 0 amide bonds. The maximum atomic E-state index is 10.8. The van der Waals surface area contributed by atoms with Crippen LogP contribution in [0, 0.1) is 0 Å². The van der Waals surface area contributed by atoms with Crippen LogP contribution in [0.25, 0.3) is 0 Å². The Morgan fingerprint density at radius 1 is 0.808 bits per heavy atom. The Morgan fingerprint density at radius 3 is 2.04 bits per heavy atom. The van der Waals surface area contributed by atoms with Crippen LogP contribution in [0.1, 0.15) is 23.7 Å². The average molecular weight is 358 g/mol. The summed E-state index contributed by atoms with van der Waals surface area (Å²) >= 11 is 0. The number of benzene rings is 2. The largest absolute Gasteiger partial charge is 0.394 e. The molecule has 6 nitrogen and oxygen atoms in total. The van der Waals surface area contributed by atoms with Gasteiger partial charge in [0.2, 0.25) is 0 Å². The van der Waals surface area contributed by atoms with Crippen LogP contribution in [0.2, 0.25) is 0 Å². The van der Waals surface area contributed by atoms with E-state index < -0.39 is 37.0 Å². The van der Waals surface area contributed by atoms with Gasteiger partial charge in [0.25, 0.3) is 0 Å². The van der Waals surface area contributed by atoms with E-state index in [4.69, 9.17) is 18.9 Å². The number of fused-ring (bicyclic) bond motifs is 2. The summed E-state index contributed by atoms with van der Waals surface area (Å²) in [6.07, 6.45) is -4.49. The molecule has 0 aliphatic carbocycles. The van der Waals surface area contributed by atoms with E-state index in [0.29, 0.717) is 0 Å². The molecule has 2 bridgehead atoms. The maximum absolute atomic E-state index is 10.8. The molecule has 0 spiro atoms. The molecule has 4 rings (SSSR count). The maximum Gasteiger partial charge on any atom is 0.184 e. The van der Waals surface area contributed by atoms with E-state index in [0.717, 1.165) is 11.1 Å². The molecule has 138 valence electrons. The Bertz CT molecular complexity index is 692. The lowest BCUT2D eigenvalue weighted by molar-refractivity contribution is -0.249. The highest BCUT2D eigenvalue weighted by Gasteiger charge is 2.45. The molecule has 2 N–H and O–H groups in total. The van der Waals surface area contributed by atoms with Crippen molar-refractivity contribution < 1.29 is 29.2 Å². The van der Waals surface area contributed by atoms with Crippen molar-refractivity contribution in [2.75, 3.05) is 13.2 Å². The lowest BCUT2D eigenvalue weighted by Gasteiger charge is -2.29. The Morgan fingerprint density at radius 2 is 1.42 bits per heavy atom. The van der Waals surface area contributed by atoms with Crippen LogP contribution >= 0.6 is 0 Å². The molecule has 2 aromatic carbocycles. The van der Waals surface area contributed by atoms with Crippen molar-refractivity contribution in [3.05, 3.63) is 71.8 Å². The van der Waals surface area contributed by atoms with E-state index in [2.05, 4.69) is 0 Å². The van der Waals surface area contributed by atoms with Gasteiger partial charge in [-0.05, 0) is 0 Å². The molecule has 2 fully saturated rings. The summed E-state index contributed by atoms with van der Waals surface area (Å²) in [6.45, 7) is -0.148. The van der Waals surface area contributed by atoms with E-state index in [1.807, 2.05) is 60.7 Å². The van der Waals surface area contributed by atoms with Gasteiger partial charge in [0.1, 0.15) is 24.4 Å². The van der Waals surface area contributed by atoms with E-state index in [9.17, 15) is 10.2 Å². The van der Waals surface area contributed by atoms with Gasteiger partial charge in [-0.3, -0.25) is 0 Å². The third-order valence-electron chi connectivity index (χ3n) is 4.70. The molecule has 0 radical (unpaired) electrons. The van der Waals surface area contributed by atoms with Gasteiger partial charge in [-0.2, -0.15) is 0 Å². The average Bonchev–Trinajstić information content (AvgIpc) is 2.94. The summed E-state index contributed by atoms with van der Waals surface area (Å²) in [4.78, 5) is 0. The van der Waals surface area contributed by atoms with Gasteiger partial charge in [0.05, 0.1) is 13.2 Å². The zero-order valence-electron chi connectivity index (χ0n) is 14.2. The number of hydrogen-bond donors (Lipinski definition) is 2. The standard InChI is InChI=1S/C20H22O6/c21-11-15-18-17(22)16(25-20(24-15)14-9-5-2-6-10-14)12-23-19(26-18)13-7-3-1-4-8-13/h1-10,15-22H,11-12H2/t15-,16+,17-,18-,19?,20?/m0/s1. The first kappa shape index (κ1) is 17.6. The summed E-state index contributed by atoms with van der Waals surface area (Å²) < 4.78 is 23.8. The van der Waals surface area contributed by atoms with Crippen LogP contribution in [0.4, 0.5) is 0 Å². The summed E-state index contributed by atoms with van der Waals surface area (Å²) in [5.74, 6) is 0. The molecule has 6 atom stereocenters. The molecule has 6 heteroatoms. The van der Waals surface area contributed by atoms with E-state index in [-0.39, 0.29) is 13.2 Å². The molecule has 2 heterocycles. The van der Waals surface area contributed by atoms with Crippen molar-refractivity contribution in [3.8, 4) is 0 Å². The van der Waals surface area contributed by atoms with Crippen molar-refractivity contribution in [2.45, 2.75) is 37.0 Å². The van der Waals surface area contributed by atoms with Gasteiger partial charge in [0, 0.05) is 11.1 Å². The molecular weight excluding hydrogens is 336 g/mol. The lowest BCUT2D eigenvalue weighted by Crippen LogP contribution is -2.45. The number of ether oxygens (including phenoxy) is 4. The summed E-state index contributed by atoms with van der Waals surface area (Å²) in [7, 11) is 0. The Hall–Kier alpha value is -1.80. The van der Waals surface area contributed by atoms with Crippen molar-refractivity contribution >= 4 is 0 Å². The summed E-state index contributed by atoms with van der Waals surface area (Å²) in [6, 6.07) is 18.9. The fourth-order valence-electron chi connectivity index (χ4n) is 3.31. The Balaban J connectivity index is 1.61. The highest BCUT2D eigenvalue weighted by molar-refractivity contribution is 5.18. The van der Waals surface area contributed by atoms with Crippen LogP contribution in [-0.2, 0) is 18.9 Å². The van der Waals surface area contributed by atoms with Crippen LogP contribution < -0.4 is 0 Å². The number of aliphatic hydroxyl groups excluding tert-OH is 2. The quantitative estimate of drug-likeness (QED) is 0.873. The van der Waals surface area contributed by atoms with Crippen molar-refractivity contribution in [2.24, 2.45) is 0 Å². The molecule has 2 aromatic rings. The Kier molecular flexibility index (Phi) is 5.31. The molecule has 0 aromatic heterocycles. The van der Waals surface area contributed by atoms with Gasteiger partial charge < -0.3 is 29.2 Å². The second-order valence-electron chi connectivity index (χ2n) is 6.44. The first-order valence-electron chi connectivity index (χ1n) is 8.73. The van der Waals surface area contributed by atoms with Crippen LogP contribution in [0.3, 0.4) is 0 Å². The second kappa shape index (κ2) is 7.84. The number of aliphatic hydroxyl groups is 2. The summed E-state index contributed by atoms with van der Waals surface area (Å²) in [5.41, 5.74) is 1.64. The first-order chi connectivity index (χ1) is 12.8. The van der Waals surface area contributed by atoms with Gasteiger partial charge >= 0.3 is 0 Å². The van der Waals surface area contributed by atoms with Crippen molar-refractivity contribution in [1.82, 2.24) is 0 Å². The smallest absolute Gasteiger partial charge is 0.184 e. The van der Waals surface area contributed by atoms with Gasteiger partial charge in [-0.15, -0.1) is 0 Å². The fourth-order valence-corrected chi connectivity index (χ4v) is 3.31. The van der Waals surface area contributed by atoms with Crippen LogP contribution in [0.5, 0.6) is 0 Å². The zero-order valence-corrected chi connectivity index (χ0v) is 14.2. The number of hydrogen-bond acceptors (Lipinski definition) is 6. The third kappa shape index (κ3) is 3.53. The predicted molar refractivity (Wildman–Crippen MR) is 92.0 cm³/mol. The molecule has 2 unspecified atom stereocenters. The van der Waals surface area contributed by atoms with Gasteiger partial charge in [0.15, 0.2) is 12.6 Å². The topological polar surface area (TPSA) is 77.4 Å². The van der Waals surface area contributed by atoms with E-state index >= 15 is 0 Å². The molecule has 2 aliphatic heterocycles. The highest BCUT2D eigenvalue weighted by atomic mass is 16.7. The molecule has 0 saturated carbocycles.